The molecule has 0 aliphatic rings. The number of carboxylic acid groups (broad SMARTS) is 4. The molecule has 0 rings (SSSR count). The Balaban J connectivity index is -0.000000143. The molecule has 13 heavy (non-hydrogen) atoms. The first-order valence-electron chi connectivity index (χ1n) is 2.19. The summed E-state index contributed by atoms with van der Waals surface area (Å²) in [7, 11) is 0. The van der Waals surface area contributed by atoms with Gasteiger partial charge in [-0.05, 0) is 0 Å². The number of carboxylic acids is 4. The van der Waals surface area contributed by atoms with Gasteiger partial charge in [-0.25, -0.2) is 14.4 Å². The van der Waals surface area contributed by atoms with Crippen molar-refractivity contribution in [3.05, 3.63) is 0 Å². The molecule has 0 spiro atoms. The predicted octanol–water partition coefficient (Wildman–Crippen LogP) is -6.02. The second kappa shape index (κ2) is 9.60. The van der Waals surface area contributed by atoms with Crippen LogP contribution in [0.4, 0.5) is 0 Å². The van der Waals surface area contributed by atoms with Gasteiger partial charge in [-0.3, -0.25) is 0 Å². The zero-order valence-electron chi connectivity index (χ0n) is 6.38. The van der Waals surface area contributed by atoms with Crippen LogP contribution in [0, 0.1) is 0 Å². The summed E-state index contributed by atoms with van der Waals surface area (Å²) in [6, 6.07) is 0. The largest absolute Gasteiger partial charge is 1.00 e. The van der Waals surface area contributed by atoms with Crippen LogP contribution in [-0.2, 0) is 19.2 Å². The van der Waals surface area contributed by atoms with Crippen LogP contribution in [0.5, 0.6) is 0 Å². The molecule has 0 aromatic carbocycles. The number of hydrogen-bond acceptors (Lipinski definition) is 5. The van der Waals surface area contributed by atoms with Crippen molar-refractivity contribution in [2.45, 2.75) is 0 Å². The number of aliphatic carboxylic acids is 4. The Labute approximate surface area is 114 Å². The smallest absolute Gasteiger partial charge is 0.539 e. The Morgan fingerprint density at radius 2 is 0.923 bits per heavy atom. The molecule has 0 saturated heterocycles. The maximum Gasteiger partial charge on any atom is 1.00 e. The molecule has 0 aliphatic carbocycles. The predicted molar refractivity (Wildman–Crippen MR) is 27.9 cm³/mol. The maximum absolute atomic E-state index is 9.10. The van der Waals surface area contributed by atoms with Gasteiger partial charge in [0, 0.05) is 0 Å². The maximum atomic E-state index is 9.10. The van der Waals surface area contributed by atoms with E-state index in [2.05, 4.69) is 0 Å². The van der Waals surface area contributed by atoms with Gasteiger partial charge in [-0.15, -0.1) is 0 Å². The van der Waals surface area contributed by atoms with Crippen molar-refractivity contribution in [1.29, 1.82) is 0 Å². The average molecular weight is 218 g/mol. The summed E-state index contributed by atoms with van der Waals surface area (Å²) in [5.74, 6) is -7.66. The van der Waals surface area contributed by atoms with Crippen LogP contribution < -0.4 is 56.5 Å². The van der Waals surface area contributed by atoms with Crippen LogP contribution in [-0.4, -0.2) is 39.2 Å². The van der Waals surface area contributed by atoms with E-state index in [-0.39, 0.29) is 51.4 Å². The normalized spacial score (nSPS) is 6.77. The molecule has 0 aromatic rings. The van der Waals surface area contributed by atoms with Crippen LogP contribution in [0.3, 0.4) is 0 Å². The molecule has 0 bridgehead atoms. The van der Waals surface area contributed by atoms with Gasteiger partial charge in [0.05, 0.1) is 0 Å². The molecule has 9 heteroatoms. The van der Waals surface area contributed by atoms with Crippen molar-refractivity contribution in [1.82, 2.24) is 0 Å². The molecule has 0 amide bonds. The van der Waals surface area contributed by atoms with Crippen molar-refractivity contribution in [3.63, 3.8) is 0 Å². The molecule has 68 valence electrons. The van der Waals surface area contributed by atoms with Crippen molar-refractivity contribution in [2.24, 2.45) is 0 Å². The first-order valence-corrected chi connectivity index (χ1v) is 2.19. The van der Waals surface area contributed by atoms with Gasteiger partial charge in [-0.2, -0.15) is 0 Å². The molecule has 8 nitrogen and oxygen atoms in total. The topological polar surface area (TPSA) is 152 Å². The third kappa shape index (κ3) is 18.5. The second-order valence-corrected chi connectivity index (χ2v) is 1.20. The van der Waals surface area contributed by atoms with Crippen molar-refractivity contribution >= 4 is 23.9 Å². The summed E-state index contributed by atoms with van der Waals surface area (Å²) < 4.78 is 0. The molecule has 0 saturated carbocycles. The van der Waals surface area contributed by atoms with E-state index in [9.17, 15) is 0 Å². The van der Waals surface area contributed by atoms with Gasteiger partial charge in [-0.1, -0.05) is 0 Å². The Morgan fingerprint density at radius 3 is 0.923 bits per heavy atom. The number of carbonyl (C=O) groups is 4. The fraction of sp³-hybridized carbons (Fsp3) is 0. The van der Waals surface area contributed by atoms with Gasteiger partial charge in [0.2, 0.25) is 0 Å². The molecule has 0 atom stereocenters. The molecule has 0 aromatic heterocycles. The minimum Gasteiger partial charge on any atom is -0.539 e. The Bertz CT molecular complexity index is 172. The molecule has 3 N–H and O–H groups in total. The van der Waals surface area contributed by atoms with E-state index in [1.807, 2.05) is 0 Å². The second-order valence-electron chi connectivity index (χ2n) is 1.20. The van der Waals surface area contributed by atoms with Gasteiger partial charge in [0.15, 0.2) is 5.97 Å². The summed E-state index contributed by atoms with van der Waals surface area (Å²) >= 11 is 0. The minimum atomic E-state index is -2.07. The third-order valence-electron chi connectivity index (χ3n) is 0.358. The van der Waals surface area contributed by atoms with Crippen LogP contribution in [0.1, 0.15) is 0 Å². The zero-order chi connectivity index (χ0) is 10.3. The van der Waals surface area contributed by atoms with E-state index in [4.69, 9.17) is 39.6 Å². The molecular weight excluding hydrogens is 215 g/mol. The molecular formula is C4H3KO8. The first kappa shape index (κ1) is 18.3. The fourth-order valence-corrected chi connectivity index (χ4v) is 0. The van der Waals surface area contributed by atoms with Crippen LogP contribution in [0.25, 0.3) is 0 Å². The van der Waals surface area contributed by atoms with Gasteiger partial charge >= 0.3 is 69.3 Å². The summed E-state index contributed by atoms with van der Waals surface area (Å²) in [6.45, 7) is 0. The molecule has 0 fully saturated rings. The van der Waals surface area contributed by atoms with Crippen molar-refractivity contribution in [2.75, 3.05) is 0 Å². The third-order valence-corrected chi connectivity index (χ3v) is 0.358. The average Bonchev–Trinajstić information content (AvgIpc) is 1.88. The van der Waals surface area contributed by atoms with E-state index in [0.29, 0.717) is 0 Å². The van der Waals surface area contributed by atoms with Crippen LogP contribution >= 0.6 is 0 Å². The molecule has 0 aliphatic heterocycles. The van der Waals surface area contributed by atoms with E-state index in [1.165, 1.54) is 0 Å². The summed E-state index contributed by atoms with van der Waals surface area (Å²) in [6.07, 6.45) is 0. The summed E-state index contributed by atoms with van der Waals surface area (Å²) in [4.78, 5) is 36.2. The first-order chi connectivity index (χ1) is 5.29. The van der Waals surface area contributed by atoms with E-state index in [1.54, 1.807) is 0 Å². The quantitative estimate of drug-likeness (QED) is 0.268. The Hall–Kier alpha value is -0.484. The summed E-state index contributed by atoms with van der Waals surface area (Å²) in [5.41, 5.74) is 0. The van der Waals surface area contributed by atoms with E-state index >= 15 is 0 Å². The van der Waals surface area contributed by atoms with Crippen molar-refractivity contribution < 1.29 is 91.0 Å². The van der Waals surface area contributed by atoms with Crippen LogP contribution in [0.15, 0.2) is 0 Å². The monoisotopic (exact) mass is 218 g/mol. The van der Waals surface area contributed by atoms with Gasteiger partial charge in [0.25, 0.3) is 0 Å². The van der Waals surface area contributed by atoms with Crippen LogP contribution in [0.2, 0.25) is 0 Å². The number of carbonyl (C=O) groups excluding carboxylic acids is 1. The molecule has 0 radical (unpaired) electrons. The molecule has 0 heterocycles. The standard InChI is InChI=1S/2C2H2O4.K/c2*3-1(4)2(5)6;/h2*(H,3,4)(H,5,6);/q;;+1/p-1. The number of rotatable bonds is 0. The van der Waals surface area contributed by atoms with E-state index < -0.39 is 23.9 Å². The van der Waals surface area contributed by atoms with Gasteiger partial charge in [0.1, 0.15) is 0 Å². The fourth-order valence-electron chi connectivity index (χ4n) is 0. The Morgan fingerprint density at radius 1 is 0.769 bits per heavy atom. The SMILES string of the molecule is O=C(O)C(=O)O.O=C([O-])C(=O)O.[K+]. The summed E-state index contributed by atoms with van der Waals surface area (Å²) in [5, 5.41) is 31.1. The molecule has 0 unspecified atom stereocenters. The van der Waals surface area contributed by atoms with E-state index in [0.717, 1.165) is 0 Å². The Kier molecular flexibility index (Phi) is 13.5. The zero-order valence-corrected chi connectivity index (χ0v) is 9.51. The number of hydrogen-bond donors (Lipinski definition) is 3. The van der Waals surface area contributed by atoms with Gasteiger partial charge < -0.3 is 25.2 Å². The minimum absolute atomic E-state index is 0. The van der Waals surface area contributed by atoms with Crippen molar-refractivity contribution in [3.8, 4) is 0 Å².